The molecule has 0 heterocycles. The van der Waals surface area contributed by atoms with E-state index in [1.807, 2.05) is 25.2 Å². The number of halogens is 1. The topological polar surface area (TPSA) is 38.7 Å². The predicted molar refractivity (Wildman–Crippen MR) is 75.7 cm³/mol. The van der Waals surface area contributed by atoms with Crippen molar-refractivity contribution in [1.82, 2.24) is 0 Å². The molecule has 0 aliphatic heterocycles. The molecule has 0 amide bonds. The van der Waals surface area contributed by atoms with Gasteiger partial charge in [0.1, 0.15) is 6.04 Å². The molecule has 0 aromatic rings. The summed E-state index contributed by atoms with van der Waals surface area (Å²) in [7, 11) is 0. The van der Waals surface area contributed by atoms with E-state index in [1.165, 1.54) is 0 Å². The van der Waals surface area contributed by atoms with E-state index in [-0.39, 0.29) is 6.04 Å². The van der Waals surface area contributed by atoms with E-state index in [9.17, 15) is 4.91 Å². The Morgan fingerprint density at radius 1 is 1.50 bits per heavy atom. The summed E-state index contributed by atoms with van der Waals surface area (Å²) >= 11 is 6.01. The highest BCUT2D eigenvalue weighted by molar-refractivity contribution is 6.29. The Bertz CT molecular complexity index is 337. The molecule has 0 radical (unpaired) electrons. The lowest BCUT2D eigenvalue weighted by molar-refractivity contribution is -0.00860. The van der Waals surface area contributed by atoms with Crippen LogP contribution in [-0.4, -0.2) is 18.2 Å². The van der Waals surface area contributed by atoms with Gasteiger partial charge in [-0.15, -0.1) is 0 Å². The third-order valence-corrected chi connectivity index (χ3v) is 3.82. The molecule has 2 unspecified atom stereocenters. The van der Waals surface area contributed by atoms with Crippen molar-refractivity contribution in [2.45, 2.75) is 51.7 Å². The van der Waals surface area contributed by atoms with Gasteiger partial charge in [-0.2, -0.15) is 4.91 Å². The lowest BCUT2D eigenvalue weighted by Gasteiger charge is -2.30. The summed E-state index contributed by atoms with van der Waals surface area (Å²) in [4.78, 5) is 10.9. The Hall–Kier alpha value is -0.670. The summed E-state index contributed by atoms with van der Waals surface area (Å²) in [6.07, 6.45) is 8.29. The minimum Gasteiger partial charge on any atom is -0.368 e. The Morgan fingerprint density at radius 2 is 2.17 bits per heavy atom. The smallest absolute Gasteiger partial charge is 0.118 e. The summed E-state index contributed by atoms with van der Waals surface area (Å²) in [5.74, 6) is 0.296. The zero-order chi connectivity index (χ0) is 13.6. The minimum absolute atomic E-state index is 0.269. The van der Waals surface area contributed by atoms with Crippen molar-refractivity contribution in [3.8, 4) is 0 Å². The molecular formula is C14H22ClNO2. The van der Waals surface area contributed by atoms with Crippen molar-refractivity contribution in [1.29, 1.82) is 0 Å². The fourth-order valence-corrected chi connectivity index (χ4v) is 2.61. The Balaban J connectivity index is 2.55. The molecule has 0 saturated heterocycles. The number of nitrogens with zero attached hydrogens (tertiary/aromatic N) is 1. The molecular weight excluding hydrogens is 250 g/mol. The van der Waals surface area contributed by atoms with E-state index in [4.69, 9.17) is 16.3 Å². The van der Waals surface area contributed by atoms with Crippen LogP contribution in [0, 0.1) is 10.8 Å². The molecule has 0 aromatic carbocycles. The molecule has 4 heteroatoms. The van der Waals surface area contributed by atoms with Crippen LogP contribution in [0.3, 0.4) is 0 Å². The van der Waals surface area contributed by atoms with Crippen LogP contribution in [0.2, 0.25) is 0 Å². The predicted octanol–water partition coefficient (Wildman–Crippen LogP) is 4.42. The summed E-state index contributed by atoms with van der Waals surface area (Å²) in [6.45, 7) is 6.50. The third-order valence-electron chi connectivity index (χ3n) is 3.56. The van der Waals surface area contributed by atoms with Crippen LogP contribution >= 0.6 is 11.6 Å². The second kappa shape index (κ2) is 7.05. The first kappa shape index (κ1) is 15.4. The summed E-state index contributed by atoms with van der Waals surface area (Å²) in [5, 5.41) is 3.99. The van der Waals surface area contributed by atoms with Crippen LogP contribution in [0.5, 0.6) is 0 Å². The zero-order valence-electron chi connectivity index (χ0n) is 11.4. The highest BCUT2D eigenvalue weighted by Gasteiger charge is 2.28. The van der Waals surface area contributed by atoms with Gasteiger partial charge in [-0.05, 0) is 18.9 Å². The normalized spacial score (nSPS) is 25.1. The van der Waals surface area contributed by atoms with E-state index in [0.717, 1.165) is 17.9 Å². The van der Waals surface area contributed by atoms with E-state index >= 15 is 0 Å². The van der Waals surface area contributed by atoms with Gasteiger partial charge in [0, 0.05) is 11.5 Å². The largest absolute Gasteiger partial charge is 0.368 e. The van der Waals surface area contributed by atoms with Gasteiger partial charge in [-0.3, -0.25) is 0 Å². The van der Waals surface area contributed by atoms with Crippen LogP contribution < -0.4 is 0 Å². The molecule has 1 rings (SSSR count). The Morgan fingerprint density at radius 3 is 2.67 bits per heavy atom. The van der Waals surface area contributed by atoms with Crippen molar-refractivity contribution >= 4 is 11.6 Å². The molecule has 0 aromatic heterocycles. The van der Waals surface area contributed by atoms with E-state index < -0.39 is 5.60 Å². The maximum atomic E-state index is 10.9. The highest BCUT2D eigenvalue weighted by atomic mass is 35.5. The minimum atomic E-state index is -0.416. The highest BCUT2D eigenvalue weighted by Crippen LogP contribution is 2.29. The molecule has 0 N–H and O–H groups in total. The van der Waals surface area contributed by atoms with E-state index in [1.54, 1.807) is 0 Å². The SMILES string of the molecule is CCC(CC)C(COC1(C)C=CC=C(Cl)C1)N=O. The second-order valence-corrected chi connectivity index (χ2v) is 5.51. The Labute approximate surface area is 114 Å². The molecule has 1 aliphatic carbocycles. The summed E-state index contributed by atoms with van der Waals surface area (Å²) in [5.41, 5.74) is -0.416. The molecule has 0 bridgehead atoms. The number of nitroso groups, excluding NO2 is 1. The fraction of sp³-hybridized carbons (Fsp3) is 0.714. The van der Waals surface area contributed by atoms with Gasteiger partial charge in [0.15, 0.2) is 0 Å². The van der Waals surface area contributed by atoms with Crippen LogP contribution in [-0.2, 0) is 4.74 Å². The second-order valence-electron chi connectivity index (χ2n) is 5.02. The summed E-state index contributed by atoms with van der Waals surface area (Å²) in [6, 6.07) is -0.269. The van der Waals surface area contributed by atoms with Gasteiger partial charge < -0.3 is 4.74 Å². The molecule has 0 fully saturated rings. The van der Waals surface area contributed by atoms with Crippen molar-refractivity contribution in [3.63, 3.8) is 0 Å². The fourth-order valence-electron chi connectivity index (χ4n) is 2.27. The lowest BCUT2D eigenvalue weighted by Crippen LogP contribution is -2.33. The van der Waals surface area contributed by atoms with Crippen molar-refractivity contribution in [2.24, 2.45) is 11.1 Å². The van der Waals surface area contributed by atoms with Crippen LogP contribution in [0.4, 0.5) is 0 Å². The molecule has 3 nitrogen and oxygen atoms in total. The molecule has 0 saturated carbocycles. The van der Waals surface area contributed by atoms with Gasteiger partial charge in [0.25, 0.3) is 0 Å². The standard InChI is InChI=1S/C14H22ClNO2/c1-4-11(5-2)13(16-17)10-18-14(3)8-6-7-12(15)9-14/h6-8,11,13H,4-5,9-10H2,1-3H3. The number of hydrogen-bond donors (Lipinski definition) is 0. The lowest BCUT2D eigenvalue weighted by atomic mass is 9.94. The number of rotatable bonds is 7. The van der Waals surface area contributed by atoms with Gasteiger partial charge in [0.05, 0.1) is 12.2 Å². The van der Waals surface area contributed by atoms with E-state index in [2.05, 4.69) is 19.0 Å². The first-order chi connectivity index (χ1) is 8.54. The van der Waals surface area contributed by atoms with Crippen LogP contribution in [0.1, 0.15) is 40.0 Å². The van der Waals surface area contributed by atoms with Gasteiger partial charge in [0.2, 0.25) is 0 Å². The zero-order valence-corrected chi connectivity index (χ0v) is 12.1. The quantitative estimate of drug-likeness (QED) is 0.643. The molecule has 18 heavy (non-hydrogen) atoms. The van der Waals surface area contributed by atoms with Gasteiger partial charge >= 0.3 is 0 Å². The summed E-state index contributed by atoms with van der Waals surface area (Å²) < 4.78 is 5.87. The maximum Gasteiger partial charge on any atom is 0.118 e. The van der Waals surface area contributed by atoms with E-state index in [0.29, 0.717) is 18.9 Å². The molecule has 2 atom stereocenters. The van der Waals surface area contributed by atoms with Crippen LogP contribution in [0.25, 0.3) is 0 Å². The van der Waals surface area contributed by atoms with Crippen molar-refractivity contribution in [3.05, 3.63) is 28.2 Å². The first-order valence-corrected chi connectivity index (χ1v) is 6.92. The van der Waals surface area contributed by atoms with Gasteiger partial charge in [-0.1, -0.05) is 55.6 Å². The Kier molecular flexibility index (Phi) is 6.03. The average Bonchev–Trinajstić information content (AvgIpc) is 2.34. The number of ether oxygens (including phenoxy) is 1. The molecule has 1 aliphatic rings. The molecule has 102 valence electrons. The van der Waals surface area contributed by atoms with Crippen molar-refractivity contribution < 1.29 is 4.74 Å². The van der Waals surface area contributed by atoms with Crippen LogP contribution in [0.15, 0.2) is 28.4 Å². The first-order valence-electron chi connectivity index (χ1n) is 6.55. The number of allylic oxidation sites excluding steroid dienone is 2. The number of hydrogen-bond acceptors (Lipinski definition) is 3. The monoisotopic (exact) mass is 271 g/mol. The van der Waals surface area contributed by atoms with Gasteiger partial charge in [-0.25, -0.2) is 0 Å². The third kappa shape index (κ3) is 4.21. The average molecular weight is 272 g/mol. The van der Waals surface area contributed by atoms with Crippen molar-refractivity contribution in [2.75, 3.05) is 6.61 Å². The molecule has 0 spiro atoms. The maximum absolute atomic E-state index is 10.9.